The summed E-state index contributed by atoms with van der Waals surface area (Å²) >= 11 is 7.81. The number of hydrogen-bond acceptors (Lipinski definition) is 3. The monoisotopic (exact) mass is 253 g/mol. The Hall–Kier alpha value is -0.870. The topological polar surface area (TPSA) is 30.7 Å². The summed E-state index contributed by atoms with van der Waals surface area (Å²) in [5, 5.41) is 13.0. The Balaban J connectivity index is 1.94. The molecule has 0 aromatic carbocycles. The van der Waals surface area contributed by atoms with E-state index in [0.29, 0.717) is 11.2 Å². The lowest BCUT2D eigenvalue weighted by Crippen LogP contribution is -2.04. The van der Waals surface area contributed by atoms with Gasteiger partial charge in [-0.3, -0.25) is 4.57 Å². The second kappa shape index (κ2) is 3.86. The highest BCUT2D eigenvalue weighted by Gasteiger charge is 2.30. The van der Waals surface area contributed by atoms with Crippen molar-refractivity contribution < 1.29 is 0 Å². The molecule has 0 unspecified atom stereocenters. The van der Waals surface area contributed by atoms with Crippen LogP contribution in [-0.4, -0.2) is 14.8 Å². The standard InChI is InChI=1S/C11H12ClN3S/c1-7-5-16-6-9(7)4-15-10(8-2-3-8)13-14-11(15)12/h5-6,8H,2-4H2,1H3. The van der Waals surface area contributed by atoms with Gasteiger partial charge in [-0.1, -0.05) is 0 Å². The lowest BCUT2D eigenvalue weighted by atomic mass is 10.2. The minimum Gasteiger partial charge on any atom is -0.297 e. The van der Waals surface area contributed by atoms with Crippen LogP contribution in [0.5, 0.6) is 0 Å². The maximum atomic E-state index is 6.08. The van der Waals surface area contributed by atoms with Crippen LogP contribution in [0.3, 0.4) is 0 Å². The summed E-state index contributed by atoms with van der Waals surface area (Å²) in [5.41, 5.74) is 2.63. The normalized spacial score (nSPS) is 15.6. The van der Waals surface area contributed by atoms with Crippen LogP contribution < -0.4 is 0 Å². The predicted molar refractivity (Wildman–Crippen MR) is 65.2 cm³/mol. The number of hydrogen-bond donors (Lipinski definition) is 0. The Labute approximate surface area is 103 Å². The third-order valence-electron chi connectivity index (χ3n) is 2.97. The number of aromatic nitrogens is 3. The molecule has 1 fully saturated rings. The fourth-order valence-corrected chi connectivity index (χ4v) is 2.84. The van der Waals surface area contributed by atoms with E-state index in [4.69, 9.17) is 11.6 Å². The molecule has 84 valence electrons. The van der Waals surface area contributed by atoms with Gasteiger partial charge in [0, 0.05) is 5.92 Å². The Morgan fingerprint density at radius 1 is 1.44 bits per heavy atom. The number of thiophene rings is 1. The van der Waals surface area contributed by atoms with E-state index in [9.17, 15) is 0 Å². The van der Waals surface area contributed by atoms with Gasteiger partial charge in [-0.25, -0.2) is 0 Å². The van der Waals surface area contributed by atoms with E-state index in [0.717, 1.165) is 12.4 Å². The van der Waals surface area contributed by atoms with E-state index in [-0.39, 0.29) is 0 Å². The largest absolute Gasteiger partial charge is 0.297 e. The van der Waals surface area contributed by atoms with Gasteiger partial charge in [0.1, 0.15) is 5.82 Å². The fourth-order valence-electron chi connectivity index (χ4n) is 1.80. The first-order valence-electron chi connectivity index (χ1n) is 5.36. The summed E-state index contributed by atoms with van der Waals surface area (Å²) in [7, 11) is 0. The molecular formula is C11H12ClN3S. The maximum absolute atomic E-state index is 6.08. The van der Waals surface area contributed by atoms with Gasteiger partial charge in [0.15, 0.2) is 0 Å². The van der Waals surface area contributed by atoms with Crippen molar-refractivity contribution in [2.45, 2.75) is 32.2 Å². The van der Waals surface area contributed by atoms with Crippen LogP contribution in [-0.2, 0) is 6.54 Å². The number of aryl methyl sites for hydroxylation is 1. The molecule has 0 atom stereocenters. The van der Waals surface area contributed by atoms with Gasteiger partial charge in [-0.05, 0) is 53.3 Å². The number of nitrogens with zero attached hydrogens (tertiary/aromatic N) is 3. The molecular weight excluding hydrogens is 242 g/mol. The smallest absolute Gasteiger partial charge is 0.225 e. The first-order chi connectivity index (χ1) is 7.75. The van der Waals surface area contributed by atoms with Gasteiger partial charge in [0.25, 0.3) is 0 Å². The van der Waals surface area contributed by atoms with E-state index >= 15 is 0 Å². The molecule has 1 aliphatic carbocycles. The molecule has 3 nitrogen and oxygen atoms in total. The zero-order chi connectivity index (χ0) is 11.1. The van der Waals surface area contributed by atoms with E-state index in [2.05, 4.69) is 27.9 Å². The molecule has 0 N–H and O–H groups in total. The highest BCUT2D eigenvalue weighted by Crippen LogP contribution is 2.39. The third-order valence-corrected chi connectivity index (χ3v) is 4.16. The van der Waals surface area contributed by atoms with Crippen LogP contribution in [0.25, 0.3) is 0 Å². The van der Waals surface area contributed by atoms with Crippen LogP contribution in [0, 0.1) is 6.92 Å². The minimum atomic E-state index is 0.507. The van der Waals surface area contributed by atoms with Crippen LogP contribution >= 0.6 is 22.9 Å². The van der Waals surface area contributed by atoms with Crippen LogP contribution in [0.1, 0.15) is 35.7 Å². The molecule has 0 radical (unpaired) electrons. The Kier molecular flexibility index (Phi) is 2.48. The van der Waals surface area contributed by atoms with Gasteiger partial charge >= 0.3 is 0 Å². The zero-order valence-electron chi connectivity index (χ0n) is 8.98. The molecule has 1 saturated carbocycles. The SMILES string of the molecule is Cc1cscc1Cn1c(Cl)nnc1C1CC1. The van der Waals surface area contributed by atoms with Crippen LogP contribution in [0.4, 0.5) is 0 Å². The third kappa shape index (κ3) is 1.76. The van der Waals surface area contributed by atoms with Crippen molar-refractivity contribution in [3.05, 3.63) is 33.0 Å². The Morgan fingerprint density at radius 2 is 2.25 bits per heavy atom. The highest BCUT2D eigenvalue weighted by atomic mass is 35.5. The van der Waals surface area contributed by atoms with Crippen molar-refractivity contribution in [1.29, 1.82) is 0 Å². The molecule has 0 amide bonds. The molecule has 16 heavy (non-hydrogen) atoms. The molecule has 2 aromatic heterocycles. The molecule has 0 spiro atoms. The van der Waals surface area contributed by atoms with Crippen molar-refractivity contribution in [2.24, 2.45) is 0 Å². The van der Waals surface area contributed by atoms with Gasteiger partial charge in [0.05, 0.1) is 6.54 Å². The quantitative estimate of drug-likeness (QED) is 0.841. The molecule has 5 heteroatoms. The van der Waals surface area contributed by atoms with Crippen LogP contribution in [0.2, 0.25) is 5.28 Å². The first-order valence-corrected chi connectivity index (χ1v) is 6.68. The summed E-state index contributed by atoms with van der Waals surface area (Å²) in [4.78, 5) is 0. The number of rotatable bonds is 3. The summed E-state index contributed by atoms with van der Waals surface area (Å²) in [6.45, 7) is 2.92. The van der Waals surface area contributed by atoms with Crippen molar-refractivity contribution >= 4 is 22.9 Å². The Morgan fingerprint density at radius 3 is 2.88 bits per heavy atom. The van der Waals surface area contributed by atoms with Gasteiger partial charge < -0.3 is 0 Å². The second-order valence-corrected chi connectivity index (χ2v) is 5.35. The summed E-state index contributed by atoms with van der Waals surface area (Å²) < 4.78 is 2.04. The molecule has 0 bridgehead atoms. The summed E-state index contributed by atoms with van der Waals surface area (Å²) in [6.07, 6.45) is 2.44. The lowest BCUT2D eigenvalue weighted by molar-refractivity contribution is 0.726. The zero-order valence-corrected chi connectivity index (χ0v) is 10.6. The van der Waals surface area contributed by atoms with Crippen molar-refractivity contribution in [3.8, 4) is 0 Å². The molecule has 0 aliphatic heterocycles. The van der Waals surface area contributed by atoms with Gasteiger partial charge in [-0.15, -0.1) is 10.2 Å². The van der Waals surface area contributed by atoms with E-state index in [1.54, 1.807) is 11.3 Å². The molecule has 1 aliphatic rings. The van der Waals surface area contributed by atoms with Crippen molar-refractivity contribution in [2.75, 3.05) is 0 Å². The molecule has 3 rings (SSSR count). The Bertz CT molecular complexity index is 513. The fraction of sp³-hybridized carbons (Fsp3) is 0.455. The second-order valence-electron chi connectivity index (χ2n) is 4.27. The average molecular weight is 254 g/mol. The van der Waals surface area contributed by atoms with E-state index in [1.807, 2.05) is 4.57 Å². The van der Waals surface area contributed by atoms with E-state index < -0.39 is 0 Å². The molecule has 2 aromatic rings. The molecule has 2 heterocycles. The van der Waals surface area contributed by atoms with Gasteiger partial charge in [-0.2, -0.15) is 11.3 Å². The summed E-state index contributed by atoms with van der Waals surface area (Å²) in [6, 6.07) is 0. The predicted octanol–water partition coefficient (Wildman–Crippen LogP) is 3.23. The van der Waals surface area contributed by atoms with E-state index in [1.165, 1.54) is 24.0 Å². The van der Waals surface area contributed by atoms with Gasteiger partial charge in [0.2, 0.25) is 5.28 Å². The molecule has 0 saturated heterocycles. The lowest BCUT2D eigenvalue weighted by Gasteiger charge is -2.06. The number of halogens is 1. The van der Waals surface area contributed by atoms with Crippen LogP contribution in [0.15, 0.2) is 10.8 Å². The average Bonchev–Trinajstić information content (AvgIpc) is 2.94. The maximum Gasteiger partial charge on any atom is 0.225 e. The minimum absolute atomic E-state index is 0.507. The van der Waals surface area contributed by atoms with Crippen molar-refractivity contribution in [3.63, 3.8) is 0 Å². The first kappa shape index (κ1) is 10.3. The highest BCUT2D eigenvalue weighted by molar-refractivity contribution is 7.08. The summed E-state index contributed by atoms with van der Waals surface area (Å²) in [5.74, 6) is 1.63. The van der Waals surface area contributed by atoms with Crippen molar-refractivity contribution in [1.82, 2.24) is 14.8 Å².